The molecular weight excluding hydrogens is 276 g/mol. The van der Waals surface area contributed by atoms with E-state index in [9.17, 15) is 9.59 Å². The van der Waals surface area contributed by atoms with Crippen LogP contribution in [-0.2, 0) is 12.0 Å². The summed E-state index contributed by atoms with van der Waals surface area (Å²) < 4.78 is 0. The van der Waals surface area contributed by atoms with Crippen molar-refractivity contribution in [1.29, 1.82) is 0 Å². The van der Waals surface area contributed by atoms with E-state index in [0.717, 1.165) is 16.9 Å². The lowest BCUT2D eigenvalue weighted by molar-refractivity contribution is 0.0945. The molecule has 0 saturated heterocycles. The number of hydrogen-bond donors (Lipinski definition) is 2. The fourth-order valence-electron chi connectivity index (χ4n) is 1.45. The minimum Gasteiger partial charge on any atom is -0.344 e. The normalized spacial score (nSPS) is 11.3. The van der Waals surface area contributed by atoms with Gasteiger partial charge in [0.05, 0.1) is 18.4 Å². The number of H-pyrrole nitrogens is 1. The molecule has 2 aromatic heterocycles. The molecule has 0 unspecified atom stereocenters. The van der Waals surface area contributed by atoms with Crippen LogP contribution >= 0.6 is 11.3 Å². The molecule has 1 amide bonds. The molecule has 0 aliphatic rings. The maximum absolute atomic E-state index is 11.8. The molecule has 2 rings (SSSR count). The van der Waals surface area contributed by atoms with E-state index in [4.69, 9.17) is 0 Å². The Hall–Kier alpha value is -2.02. The van der Waals surface area contributed by atoms with Crippen LogP contribution in [0.3, 0.4) is 0 Å². The highest BCUT2D eigenvalue weighted by atomic mass is 32.1. The van der Waals surface area contributed by atoms with Gasteiger partial charge < -0.3 is 10.3 Å². The molecule has 2 N–H and O–H groups in total. The first-order chi connectivity index (χ1) is 9.36. The minimum absolute atomic E-state index is 0.000763. The highest BCUT2D eigenvalue weighted by Gasteiger charge is 2.17. The van der Waals surface area contributed by atoms with E-state index in [0.29, 0.717) is 6.54 Å². The average molecular weight is 292 g/mol. The van der Waals surface area contributed by atoms with Crippen molar-refractivity contribution in [3.05, 3.63) is 44.5 Å². The molecule has 0 radical (unpaired) electrons. The lowest BCUT2D eigenvalue weighted by Crippen LogP contribution is -2.25. The highest BCUT2D eigenvalue weighted by Crippen LogP contribution is 2.23. The molecule has 20 heavy (non-hydrogen) atoms. The fraction of sp³-hybridized carbons (Fsp3) is 0.385. The molecule has 0 spiro atoms. The van der Waals surface area contributed by atoms with Crippen molar-refractivity contribution in [3.8, 4) is 0 Å². The largest absolute Gasteiger partial charge is 0.344 e. The summed E-state index contributed by atoms with van der Waals surface area (Å²) in [5.41, 5.74) is 0.849. The monoisotopic (exact) mass is 292 g/mol. The van der Waals surface area contributed by atoms with Crippen LogP contribution in [0.4, 0.5) is 0 Å². The van der Waals surface area contributed by atoms with Gasteiger partial charge in [0.15, 0.2) is 0 Å². The van der Waals surface area contributed by atoms with E-state index < -0.39 is 0 Å². The van der Waals surface area contributed by atoms with E-state index >= 15 is 0 Å². The van der Waals surface area contributed by atoms with Crippen LogP contribution in [0.25, 0.3) is 0 Å². The number of amides is 1. The van der Waals surface area contributed by atoms with Crippen LogP contribution in [-0.4, -0.2) is 20.9 Å². The summed E-state index contributed by atoms with van der Waals surface area (Å²) in [5.74, 6) is -0.339. The highest BCUT2D eigenvalue weighted by molar-refractivity contribution is 7.09. The second-order valence-corrected chi connectivity index (χ2v) is 6.30. The van der Waals surface area contributed by atoms with Crippen molar-refractivity contribution in [2.45, 2.75) is 32.7 Å². The Labute approximate surface area is 120 Å². The lowest BCUT2D eigenvalue weighted by atomic mass is 9.93. The van der Waals surface area contributed by atoms with Crippen molar-refractivity contribution in [1.82, 2.24) is 20.3 Å². The Kier molecular flexibility index (Phi) is 3.99. The molecule has 6 nitrogen and oxygen atoms in total. The number of carbonyl (C=O) groups excluding carboxylic acids is 1. The molecule has 0 bridgehead atoms. The Morgan fingerprint density at radius 1 is 1.45 bits per heavy atom. The maximum atomic E-state index is 11.8. The Balaban J connectivity index is 1.98. The molecule has 0 aliphatic carbocycles. The standard InChI is InChI=1S/C13H16N4O2S/c1-13(2,3)9-7-20-11(17-9)6-16-12(19)8-4-15-10(18)5-14-8/h4-5,7H,6H2,1-3H3,(H,15,18)(H,16,19). The Morgan fingerprint density at radius 3 is 2.75 bits per heavy atom. The summed E-state index contributed by atoms with van der Waals surface area (Å²) in [6.45, 7) is 6.62. The fourth-order valence-corrected chi connectivity index (χ4v) is 2.41. The van der Waals surface area contributed by atoms with E-state index in [-0.39, 0.29) is 22.6 Å². The van der Waals surface area contributed by atoms with Crippen LogP contribution in [0.15, 0.2) is 22.6 Å². The number of nitrogens with zero attached hydrogens (tertiary/aromatic N) is 2. The zero-order valence-electron chi connectivity index (χ0n) is 11.6. The smallest absolute Gasteiger partial charge is 0.271 e. The summed E-state index contributed by atoms with van der Waals surface area (Å²) >= 11 is 1.51. The van der Waals surface area contributed by atoms with Crippen molar-refractivity contribution in [2.24, 2.45) is 0 Å². The van der Waals surface area contributed by atoms with Gasteiger partial charge in [-0.25, -0.2) is 9.97 Å². The van der Waals surface area contributed by atoms with E-state index in [1.807, 2.05) is 5.38 Å². The molecule has 0 aromatic carbocycles. The third-order valence-electron chi connectivity index (χ3n) is 2.63. The number of aromatic nitrogens is 3. The second kappa shape index (κ2) is 5.54. The summed E-state index contributed by atoms with van der Waals surface area (Å²) in [7, 11) is 0. The Bertz CT molecular complexity index is 649. The van der Waals surface area contributed by atoms with Gasteiger partial charge in [0, 0.05) is 17.0 Å². The molecule has 0 saturated carbocycles. The van der Waals surface area contributed by atoms with Gasteiger partial charge in [-0.15, -0.1) is 11.3 Å². The van der Waals surface area contributed by atoms with Gasteiger partial charge in [-0.2, -0.15) is 0 Å². The molecule has 0 atom stereocenters. The minimum atomic E-state index is -0.339. The third-order valence-corrected chi connectivity index (χ3v) is 3.47. The van der Waals surface area contributed by atoms with Crippen LogP contribution in [0.1, 0.15) is 42.0 Å². The average Bonchev–Trinajstić information content (AvgIpc) is 2.85. The molecule has 2 heterocycles. The van der Waals surface area contributed by atoms with Crippen molar-refractivity contribution >= 4 is 17.2 Å². The number of aromatic amines is 1. The van der Waals surface area contributed by atoms with Crippen LogP contribution in [0.5, 0.6) is 0 Å². The van der Waals surface area contributed by atoms with Gasteiger partial charge in [0.25, 0.3) is 11.5 Å². The van der Waals surface area contributed by atoms with Crippen molar-refractivity contribution in [2.75, 3.05) is 0 Å². The van der Waals surface area contributed by atoms with Crippen LogP contribution in [0, 0.1) is 0 Å². The van der Waals surface area contributed by atoms with Gasteiger partial charge in [0.1, 0.15) is 10.7 Å². The molecule has 7 heteroatoms. The zero-order valence-corrected chi connectivity index (χ0v) is 12.4. The summed E-state index contributed by atoms with van der Waals surface area (Å²) in [6.07, 6.45) is 2.37. The number of hydrogen-bond acceptors (Lipinski definition) is 5. The molecule has 2 aromatic rings. The predicted molar refractivity (Wildman–Crippen MR) is 76.8 cm³/mol. The first-order valence-corrected chi connectivity index (χ1v) is 7.02. The van der Waals surface area contributed by atoms with Crippen LogP contribution in [0.2, 0.25) is 0 Å². The molecule has 106 valence electrons. The zero-order chi connectivity index (χ0) is 14.8. The van der Waals surface area contributed by atoms with E-state index in [1.165, 1.54) is 17.5 Å². The summed E-state index contributed by atoms with van der Waals surface area (Å²) in [6, 6.07) is 0. The number of thiazole rings is 1. The van der Waals surface area contributed by atoms with Crippen molar-refractivity contribution in [3.63, 3.8) is 0 Å². The van der Waals surface area contributed by atoms with Crippen molar-refractivity contribution < 1.29 is 4.79 Å². The number of rotatable bonds is 3. The van der Waals surface area contributed by atoms with Gasteiger partial charge in [-0.3, -0.25) is 9.59 Å². The van der Waals surface area contributed by atoms with Gasteiger partial charge in [-0.1, -0.05) is 20.8 Å². The lowest BCUT2D eigenvalue weighted by Gasteiger charge is -2.14. The van der Waals surface area contributed by atoms with Gasteiger partial charge in [-0.05, 0) is 0 Å². The molecule has 0 aliphatic heterocycles. The predicted octanol–water partition coefficient (Wildman–Crippen LogP) is 1.45. The van der Waals surface area contributed by atoms with Crippen LogP contribution < -0.4 is 10.9 Å². The molecular formula is C13H16N4O2S. The van der Waals surface area contributed by atoms with Gasteiger partial charge >= 0.3 is 0 Å². The third kappa shape index (κ3) is 3.51. The summed E-state index contributed by atoms with van der Waals surface area (Å²) in [5, 5.41) is 5.56. The first-order valence-electron chi connectivity index (χ1n) is 6.14. The SMILES string of the molecule is CC(C)(C)c1csc(CNC(=O)c2c[nH]c(=O)cn2)n1. The number of nitrogens with one attached hydrogen (secondary N) is 2. The van der Waals surface area contributed by atoms with Gasteiger partial charge in [0.2, 0.25) is 0 Å². The quantitative estimate of drug-likeness (QED) is 0.896. The topological polar surface area (TPSA) is 87.7 Å². The molecule has 0 fully saturated rings. The maximum Gasteiger partial charge on any atom is 0.271 e. The summed E-state index contributed by atoms with van der Waals surface area (Å²) in [4.78, 5) is 33.3. The van der Waals surface area contributed by atoms with E-state index in [1.54, 1.807) is 0 Å². The number of carbonyl (C=O) groups is 1. The first kappa shape index (κ1) is 14.4. The Morgan fingerprint density at radius 2 is 2.20 bits per heavy atom. The second-order valence-electron chi connectivity index (χ2n) is 5.36. The van der Waals surface area contributed by atoms with E-state index in [2.05, 4.69) is 41.0 Å².